The van der Waals surface area contributed by atoms with Crippen molar-refractivity contribution in [3.63, 3.8) is 0 Å². The molecule has 1 N–H and O–H groups in total. The molecule has 2 aromatic heterocycles. The van der Waals surface area contributed by atoms with Gasteiger partial charge in [0.1, 0.15) is 5.60 Å². The molecule has 0 saturated carbocycles. The third-order valence-corrected chi connectivity index (χ3v) is 9.28. The first kappa shape index (κ1) is 30.7. The maximum Gasteiger partial charge on any atom is 0.410 e. The Bertz CT molecular complexity index is 1420. The molecule has 1 aromatic carbocycles. The van der Waals surface area contributed by atoms with E-state index in [1.165, 1.54) is 5.56 Å². The number of halogens is 2. The fourth-order valence-corrected chi connectivity index (χ4v) is 7.07. The highest BCUT2D eigenvalue weighted by Gasteiger charge is 2.37. The van der Waals surface area contributed by atoms with Crippen molar-refractivity contribution in [2.75, 3.05) is 57.3 Å². The number of hydrogen-bond donors (Lipinski definition) is 1. The van der Waals surface area contributed by atoms with Crippen LogP contribution in [0.15, 0.2) is 36.7 Å². The number of hydrogen-bond acceptors (Lipinski definition) is 7. The van der Waals surface area contributed by atoms with Gasteiger partial charge in [-0.1, -0.05) is 18.2 Å². The summed E-state index contributed by atoms with van der Waals surface area (Å²) in [7, 11) is 0. The number of ether oxygens (including phenoxy) is 1. The second kappa shape index (κ2) is 12.6. The van der Waals surface area contributed by atoms with Gasteiger partial charge in [-0.05, 0) is 64.5 Å². The lowest BCUT2D eigenvalue weighted by Crippen LogP contribution is -2.50. The number of piperazine rings is 1. The van der Waals surface area contributed by atoms with E-state index in [1.54, 1.807) is 0 Å². The van der Waals surface area contributed by atoms with Crippen LogP contribution in [0.2, 0.25) is 0 Å². The van der Waals surface area contributed by atoms with Crippen LogP contribution in [0.3, 0.4) is 0 Å². The number of amides is 1. The van der Waals surface area contributed by atoms with E-state index in [0.717, 1.165) is 80.8 Å². The number of fused-ring (bicyclic) bond motifs is 3. The predicted molar refractivity (Wildman–Crippen MR) is 167 cm³/mol. The SMILES string of the molecule is C[C@@H]1Cc2c([nH]c3ccccc23)[C@@H](c2cnc(N3CCN(CC4CCN(C(=O)OC(C)(C)C)CC4)CC3)nc2)N1CC(F)F. The number of piperidine rings is 1. The minimum absolute atomic E-state index is 0.0435. The molecule has 11 heteroatoms. The van der Waals surface area contributed by atoms with E-state index in [2.05, 4.69) is 20.9 Å². The molecule has 9 nitrogen and oxygen atoms in total. The van der Waals surface area contributed by atoms with Crippen LogP contribution in [-0.4, -0.2) is 106 Å². The molecule has 5 heterocycles. The van der Waals surface area contributed by atoms with Crippen molar-refractivity contribution in [2.45, 2.75) is 71.1 Å². The van der Waals surface area contributed by atoms with Crippen LogP contribution in [0.25, 0.3) is 10.9 Å². The van der Waals surface area contributed by atoms with Crippen molar-refractivity contribution < 1.29 is 18.3 Å². The molecule has 0 radical (unpaired) electrons. The van der Waals surface area contributed by atoms with Crippen LogP contribution in [0, 0.1) is 5.92 Å². The minimum atomic E-state index is -2.43. The summed E-state index contributed by atoms with van der Waals surface area (Å²) in [6.45, 7) is 13.5. The first-order valence-corrected chi connectivity index (χ1v) is 16.0. The largest absolute Gasteiger partial charge is 0.444 e. The molecule has 3 aromatic rings. The van der Waals surface area contributed by atoms with Gasteiger partial charge in [0.15, 0.2) is 0 Å². The lowest BCUT2D eigenvalue weighted by molar-refractivity contribution is 0.0168. The molecule has 44 heavy (non-hydrogen) atoms. The van der Waals surface area contributed by atoms with Crippen LogP contribution in [0.1, 0.15) is 63.4 Å². The first-order chi connectivity index (χ1) is 21.1. The highest BCUT2D eigenvalue weighted by atomic mass is 19.3. The number of nitrogens with one attached hydrogen (secondary N) is 1. The number of aromatic nitrogens is 3. The molecule has 0 spiro atoms. The van der Waals surface area contributed by atoms with Gasteiger partial charge in [0.25, 0.3) is 6.43 Å². The molecule has 3 aliphatic heterocycles. The van der Waals surface area contributed by atoms with Gasteiger partial charge in [-0.3, -0.25) is 9.80 Å². The van der Waals surface area contributed by atoms with E-state index in [1.807, 2.05) is 68.1 Å². The Labute approximate surface area is 258 Å². The lowest BCUT2D eigenvalue weighted by atomic mass is 9.89. The quantitative estimate of drug-likeness (QED) is 0.405. The van der Waals surface area contributed by atoms with E-state index in [0.29, 0.717) is 18.3 Å². The maximum atomic E-state index is 13.7. The van der Waals surface area contributed by atoms with E-state index >= 15 is 0 Å². The number of H-pyrrole nitrogens is 1. The highest BCUT2D eigenvalue weighted by Crippen LogP contribution is 2.40. The number of anilines is 1. The Kier molecular flexibility index (Phi) is 8.79. The van der Waals surface area contributed by atoms with E-state index < -0.39 is 12.0 Å². The van der Waals surface area contributed by atoms with Crippen molar-refractivity contribution in [1.82, 2.24) is 29.7 Å². The lowest BCUT2D eigenvalue weighted by Gasteiger charge is -2.40. The summed E-state index contributed by atoms with van der Waals surface area (Å²) in [5.41, 5.74) is 3.54. The molecule has 2 saturated heterocycles. The van der Waals surface area contributed by atoms with Gasteiger partial charge < -0.3 is 19.5 Å². The van der Waals surface area contributed by atoms with Crippen molar-refractivity contribution in [2.24, 2.45) is 5.92 Å². The Morgan fingerprint density at radius 1 is 1.05 bits per heavy atom. The summed E-state index contributed by atoms with van der Waals surface area (Å²) in [4.78, 5) is 33.9. The smallest absolute Gasteiger partial charge is 0.410 e. The molecular weight excluding hydrogens is 564 g/mol. The molecule has 6 rings (SSSR count). The number of carbonyl (C=O) groups is 1. The first-order valence-electron chi connectivity index (χ1n) is 16.0. The number of aromatic amines is 1. The normalized spacial score (nSPS) is 22.5. The van der Waals surface area contributed by atoms with Gasteiger partial charge in [-0.25, -0.2) is 23.5 Å². The van der Waals surface area contributed by atoms with Gasteiger partial charge in [-0.15, -0.1) is 0 Å². The minimum Gasteiger partial charge on any atom is -0.444 e. The second-order valence-corrected chi connectivity index (χ2v) is 13.6. The van der Waals surface area contributed by atoms with E-state index in [9.17, 15) is 13.6 Å². The number of likely N-dealkylation sites (tertiary alicyclic amines) is 1. The molecule has 238 valence electrons. The van der Waals surface area contributed by atoms with Crippen molar-refractivity contribution in [3.8, 4) is 0 Å². The Morgan fingerprint density at radius 2 is 1.73 bits per heavy atom. The van der Waals surface area contributed by atoms with Crippen LogP contribution in [-0.2, 0) is 11.2 Å². The van der Waals surface area contributed by atoms with Crippen LogP contribution >= 0.6 is 0 Å². The standard InChI is InChI=1S/C33H45F2N7O2/c1-22-17-26-25-7-5-6-8-27(25)38-29(26)30(42(22)21-28(34)35)24-18-36-31(37-19-24)40-15-13-39(14-16-40)20-23-9-11-41(12-10-23)32(43)44-33(2,3)4/h5-8,18-19,22-23,28,30,38H,9-17,20-21H2,1-4H3/t22-,30-/m1/s1. The number of nitrogens with zero attached hydrogens (tertiary/aromatic N) is 6. The summed E-state index contributed by atoms with van der Waals surface area (Å²) in [5, 5.41) is 1.15. The van der Waals surface area contributed by atoms with Crippen LogP contribution in [0.4, 0.5) is 19.5 Å². The van der Waals surface area contributed by atoms with Crippen molar-refractivity contribution in [1.29, 1.82) is 0 Å². The van der Waals surface area contributed by atoms with Gasteiger partial charge in [0.05, 0.1) is 12.6 Å². The molecule has 3 aliphatic rings. The molecule has 0 unspecified atom stereocenters. The summed E-state index contributed by atoms with van der Waals surface area (Å²) in [6, 6.07) is 7.75. The molecule has 2 fully saturated rings. The Hall–Kier alpha value is -3.31. The third kappa shape index (κ3) is 6.68. The van der Waals surface area contributed by atoms with Crippen LogP contribution in [0.5, 0.6) is 0 Å². The molecular formula is C33H45F2N7O2. The number of benzene rings is 1. The number of carbonyl (C=O) groups excluding carboxylic acids is 1. The van der Waals surface area contributed by atoms with Crippen molar-refractivity contribution >= 4 is 22.9 Å². The zero-order valence-electron chi connectivity index (χ0n) is 26.3. The number of para-hydroxylation sites is 1. The van der Waals surface area contributed by atoms with E-state index in [4.69, 9.17) is 14.7 Å². The van der Waals surface area contributed by atoms with Gasteiger partial charge in [-0.2, -0.15) is 0 Å². The van der Waals surface area contributed by atoms with Gasteiger partial charge >= 0.3 is 6.09 Å². The molecule has 1 amide bonds. The summed E-state index contributed by atoms with van der Waals surface area (Å²) in [5.74, 6) is 1.25. The predicted octanol–water partition coefficient (Wildman–Crippen LogP) is 5.33. The Balaban J connectivity index is 1.07. The van der Waals surface area contributed by atoms with E-state index in [-0.39, 0.29) is 24.7 Å². The highest BCUT2D eigenvalue weighted by molar-refractivity contribution is 5.85. The third-order valence-electron chi connectivity index (χ3n) is 9.28. The van der Waals surface area contributed by atoms with Crippen molar-refractivity contribution in [3.05, 3.63) is 53.5 Å². The zero-order chi connectivity index (χ0) is 31.0. The number of alkyl halides is 2. The topological polar surface area (TPSA) is 80.8 Å². The molecule has 2 atom stereocenters. The fraction of sp³-hybridized carbons (Fsp3) is 0.606. The Morgan fingerprint density at radius 3 is 2.39 bits per heavy atom. The van der Waals surface area contributed by atoms with Gasteiger partial charge in [0, 0.05) is 86.4 Å². The van der Waals surface area contributed by atoms with Gasteiger partial charge in [0.2, 0.25) is 5.95 Å². The van der Waals surface area contributed by atoms with Crippen LogP contribution < -0.4 is 4.90 Å². The molecule has 0 aliphatic carbocycles. The summed E-state index contributed by atoms with van der Waals surface area (Å²) >= 11 is 0. The summed E-state index contributed by atoms with van der Waals surface area (Å²) < 4.78 is 33.0. The monoisotopic (exact) mass is 609 g/mol. The fourth-order valence-electron chi connectivity index (χ4n) is 7.07. The number of rotatable bonds is 6. The summed E-state index contributed by atoms with van der Waals surface area (Å²) in [6.07, 6.45) is 3.70. The average Bonchev–Trinajstić information content (AvgIpc) is 3.35. The maximum absolute atomic E-state index is 13.7. The second-order valence-electron chi connectivity index (χ2n) is 13.6. The molecule has 0 bridgehead atoms. The average molecular weight is 610 g/mol. The zero-order valence-corrected chi connectivity index (χ0v) is 26.3.